The number of hydrogen-bond acceptors (Lipinski definition) is 4. The van der Waals surface area contributed by atoms with Crippen molar-refractivity contribution >= 4 is 23.7 Å². The fourth-order valence-corrected chi connectivity index (χ4v) is 5.75. The second-order valence-electron chi connectivity index (χ2n) is 8.81. The molecule has 0 bridgehead atoms. The van der Waals surface area contributed by atoms with E-state index >= 15 is 0 Å². The topological polar surface area (TPSA) is 58.1 Å². The molecule has 2 atom stereocenters. The van der Waals surface area contributed by atoms with Gasteiger partial charge in [-0.3, -0.25) is 14.3 Å². The molecule has 1 saturated heterocycles. The Labute approximate surface area is 202 Å². The quantitative estimate of drug-likeness (QED) is 0.492. The minimum atomic E-state index is -4.56. The maximum Gasteiger partial charge on any atom is 0.416 e. The van der Waals surface area contributed by atoms with Gasteiger partial charge in [-0.2, -0.15) is 13.2 Å². The van der Waals surface area contributed by atoms with Gasteiger partial charge in [-0.1, -0.05) is 12.1 Å². The maximum atomic E-state index is 14.6. The van der Waals surface area contributed by atoms with Crippen LogP contribution in [0.25, 0.3) is 10.4 Å². The van der Waals surface area contributed by atoms with Gasteiger partial charge in [0.2, 0.25) is 0 Å². The molecule has 0 spiro atoms. The predicted octanol–water partition coefficient (Wildman–Crippen LogP) is 4.51. The van der Waals surface area contributed by atoms with Gasteiger partial charge in [0.15, 0.2) is 0 Å². The molecule has 1 aromatic carbocycles. The number of rotatable bonds is 6. The minimum Gasteiger partial charge on any atom is -0.302 e. The van der Waals surface area contributed by atoms with Crippen molar-refractivity contribution in [1.82, 2.24) is 14.5 Å². The van der Waals surface area contributed by atoms with E-state index in [-0.39, 0.29) is 18.3 Å². The number of nitrogens with one attached hydrogen (secondary N) is 1. The average Bonchev–Trinajstić information content (AvgIpc) is 3.09. The monoisotopic (exact) mass is 515 g/mol. The van der Waals surface area contributed by atoms with Crippen LogP contribution in [0.2, 0.25) is 0 Å². The molecule has 1 aliphatic carbocycles. The van der Waals surface area contributed by atoms with Gasteiger partial charge in [0.1, 0.15) is 5.82 Å². The van der Waals surface area contributed by atoms with Gasteiger partial charge in [-0.25, -0.2) is 9.18 Å². The molecule has 11 heteroatoms. The van der Waals surface area contributed by atoms with E-state index in [1.807, 2.05) is 17.5 Å². The van der Waals surface area contributed by atoms with E-state index in [1.54, 1.807) is 6.20 Å². The van der Waals surface area contributed by atoms with Crippen molar-refractivity contribution in [2.24, 2.45) is 5.92 Å². The van der Waals surface area contributed by atoms with Crippen LogP contribution in [0.15, 0.2) is 51.5 Å². The summed E-state index contributed by atoms with van der Waals surface area (Å²) in [4.78, 5) is 29.6. The number of halogens is 5. The van der Waals surface area contributed by atoms with Gasteiger partial charge < -0.3 is 4.90 Å². The summed E-state index contributed by atoms with van der Waals surface area (Å²) in [5, 5.41) is 1.86. The third-order valence-electron chi connectivity index (χ3n) is 6.72. The van der Waals surface area contributed by atoms with E-state index in [0.29, 0.717) is 43.2 Å². The fourth-order valence-electron chi connectivity index (χ4n) is 5.02. The maximum absolute atomic E-state index is 14.6. The highest BCUT2D eigenvalue weighted by molar-refractivity contribution is 7.13. The minimum absolute atomic E-state index is 0. The molecule has 0 amide bonds. The predicted molar refractivity (Wildman–Crippen MR) is 124 cm³/mol. The molecule has 182 valence electrons. The van der Waals surface area contributed by atoms with Crippen LogP contribution in [0, 0.1) is 11.7 Å². The van der Waals surface area contributed by atoms with Crippen molar-refractivity contribution in [1.29, 1.82) is 0 Å². The lowest BCUT2D eigenvalue weighted by molar-refractivity contribution is -0.137. The molecule has 5 rings (SSSR count). The number of hydrogen-bond donors (Lipinski definition) is 1. The number of likely N-dealkylation sites (tertiary alicyclic amines) is 1. The molecule has 34 heavy (non-hydrogen) atoms. The summed E-state index contributed by atoms with van der Waals surface area (Å²) >= 11 is 1.42. The van der Waals surface area contributed by atoms with E-state index in [9.17, 15) is 27.2 Å². The van der Waals surface area contributed by atoms with E-state index < -0.39 is 34.2 Å². The summed E-state index contributed by atoms with van der Waals surface area (Å²) in [6.07, 6.45) is -1.57. The summed E-state index contributed by atoms with van der Waals surface area (Å²) in [7, 11) is 0. The molecule has 5 nitrogen and oxygen atoms in total. The van der Waals surface area contributed by atoms with Crippen LogP contribution in [0.3, 0.4) is 0 Å². The Hall–Kier alpha value is -2.43. The zero-order valence-electron chi connectivity index (χ0n) is 17.9. The molecule has 0 unspecified atom stereocenters. The first-order valence-corrected chi connectivity index (χ1v) is 11.5. The SMILES string of the molecule is Cl.O=c1[nH]c(=O)n(CCCN2C[C@@H]3C[C@]3(c3ccc(C(F)(F)F)cc3F)C2)cc1-c1cccs1. The lowest BCUT2D eigenvalue weighted by atomic mass is 9.93. The Morgan fingerprint density at radius 2 is 1.97 bits per heavy atom. The number of aryl methyl sites for hydroxylation is 1. The molecule has 3 heterocycles. The van der Waals surface area contributed by atoms with Crippen molar-refractivity contribution in [3.8, 4) is 10.4 Å². The van der Waals surface area contributed by atoms with Crippen LogP contribution >= 0.6 is 23.7 Å². The number of aromatic amines is 1. The number of aromatic nitrogens is 2. The lowest BCUT2D eigenvalue weighted by Gasteiger charge is -2.22. The molecule has 3 aromatic rings. The molecule has 1 aliphatic heterocycles. The van der Waals surface area contributed by atoms with Crippen molar-refractivity contribution in [2.45, 2.75) is 31.0 Å². The second kappa shape index (κ2) is 8.98. The Morgan fingerprint density at radius 3 is 2.65 bits per heavy atom. The van der Waals surface area contributed by atoms with Crippen LogP contribution in [-0.2, 0) is 18.1 Å². The largest absolute Gasteiger partial charge is 0.416 e. The van der Waals surface area contributed by atoms with Gasteiger partial charge >= 0.3 is 11.9 Å². The highest BCUT2D eigenvalue weighted by atomic mass is 35.5. The highest BCUT2D eigenvalue weighted by Crippen LogP contribution is 2.59. The van der Waals surface area contributed by atoms with E-state index in [0.717, 1.165) is 23.9 Å². The third-order valence-corrected chi connectivity index (χ3v) is 7.62. The van der Waals surface area contributed by atoms with Crippen LogP contribution in [0.4, 0.5) is 17.6 Å². The van der Waals surface area contributed by atoms with Crippen LogP contribution < -0.4 is 11.2 Å². The zero-order chi connectivity index (χ0) is 23.4. The Kier molecular flexibility index (Phi) is 6.52. The summed E-state index contributed by atoms with van der Waals surface area (Å²) in [5.41, 5.74) is -1.47. The number of fused-ring (bicyclic) bond motifs is 1. The number of alkyl halides is 3. The molecule has 1 N–H and O–H groups in total. The molecule has 2 aliphatic rings. The molecule has 2 aromatic heterocycles. The number of thiophene rings is 1. The fraction of sp³-hybridized carbons (Fsp3) is 0.391. The highest BCUT2D eigenvalue weighted by Gasteiger charge is 2.61. The number of H-pyrrole nitrogens is 1. The standard InChI is InChI=1S/C23H21F4N3O2S.ClH/c24-18-9-14(23(25,26)27)4-5-17(18)22-10-15(22)11-29(13-22)6-2-7-30-12-16(19-3-1-8-33-19)20(31)28-21(30)32;/h1,3-5,8-9,12,15H,2,6-7,10-11,13H2,(H,28,31,32);1H/t15-,22-;/m0./s1. The molecule has 1 saturated carbocycles. The van der Waals surface area contributed by atoms with Crippen LogP contribution in [0.1, 0.15) is 24.0 Å². The van der Waals surface area contributed by atoms with Gasteiger partial charge in [0.25, 0.3) is 5.56 Å². The van der Waals surface area contributed by atoms with E-state index in [4.69, 9.17) is 0 Å². The Morgan fingerprint density at radius 1 is 1.18 bits per heavy atom. The Bertz CT molecular complexity index is 1300. The average molecular weight is 516 g/mol. The van der Waals surface area contributed by atoms with Crippen molar-refractivity contribution in [2.75, 3.05) is 19.6 Å². The van der Waals surface area contributed by atoms with Crippen LogP contribution in [-0.4, -0.2) is 34.1 Å². The number of benzene rings is 1. The van der Waals surface area contributed by atoms with E-state index in [1.165, 1.54) is 22.0 Å². The summed E-state index contributed by atoms with van der Waals surface area (Å²) in [5.74, 6) is -0.569. The van der Waals surface area contributed by atoms with Crippen molar-refractivity contribution < 1.29 is 17.6 Å². The summed E-state index contributed by atoms with van der Waals surface area (Å²) < 4.78 is 54.6. The first kappa shape index (κ1) is 24.7. The first-order chi connectivity index (χ1) is 15.7. The number of piperidine rings is 1. The third kappa shape index (κ3) is 4.46. The van der Waals surface area contributed by atoms with Crippen LogP contribution in [0.5, 0.6) is 0 Å². The number of nitrogens with zero attached hydrogens (tertiary/aromatic N) is 2. The molecular formula is C23H22ClF4N3O2S. The van der Waals surface area contributed by atoms with E-state index in [2.05, 4.69) is 9.88 Å². The zero-order valence-corrected chi connectivity index (χ0v) is 19.5. The van der Waals surface area contributed by atoms with Gasteiger partial charge in [0, 0.05) is 36.1 Å². The summed E-state index contributed by atoms with van der Waals surface area (Å²) in [6.45, 7) is 2.42. The van der Waals surface area contributed by atoms with Gasteiger partial charge in [-0.15, -0.1) is 23.7 Å². The second-order valence-corrected chi connectivity index (χ2v) is 9.76. The first-order valence-electron chi connectivity index (χ1n) is 10.6. The molecule has 0 radical (unpaired) electrons. The summed E-state index contributed by atoms with van der Waals surface area (Å²) in [6, 6.07) is 6.49. The molecule has 2 fully saturated rings. The van der Waals surface area contributed by atoms with Gasteiger partial charge in [-0.05, 0) is 54.4 Å². The van der Waals surface area contributed by atoms with Crippen molar-refractivity contribution in [3.63, 3.8) is 0 Å². The molecular weight excluding hydrogens is 494 g/mol. The lowest BCUT2D eigenvalue weighted by Crippen LogP contribution is -2.32. The van der Waals surface area contributed by atoms with Gasteiger partial charge in [0.05, 0.1) is 11.1 Å². The Balaban J connectivity index is 0.00000274. The normalized spacial score (nSPS) is 21.8. The smallest absolute Gasteiger partial charge is 0.302 e. The van der Waals surface area contributed by atoms with Crippen molar-refractivity contribution in [3.05, 3.63) is 79.7 Å².